The number of nitrogens with two attached hydrogens (primary N) is 1. The van der Waals surface area contributed by atoms with Crippen LogP contribution in [0.2, 0.25) is 5.02 Å². The lowest BCUT2D eigenvalue weighted by Gasteiger charge is -2.09. The Hall–Kier alpha value is -0.890. The molecule has 0 amide bonds. The van der Waals surface area contributed by atoms with Crippen LogP contribution in [0.1, 0.15) is 25.7 Å². The lowest BCUT2D eigenvalue weighted by molar-refractivity contribution is 0.687. The molecule has 3 N–H and O–H groups in total. The first-order valence-electron chi connectivity index (χ1n) is 5.55. The molecular weight excluding hydrogens is 208 g/mol. The Bertz CT molecular complexity index is 334. The number of para-hydroxylation sites is 1. The fourth-order valence-corrected chi connectivity index (χ4v) is 1.89. The van der Waals surface area contributed by atoms with Crippen molar-refractivity contribution in [2.75, 3.05) is 17.6 Å². The third kappa shape index (κ3) is 3.03. The lowest BCUT2D eigenvalue weighted by Crippen LogP contribution is -2.04. The molecule has 1 aliphatic rings. The zero-order valence-electron chi connectivity index (χ0n) is 8.80. The minimum atomic E-state index is 0.627. The Labute approximate surface area is 95.8 Å². The minimum Gasteiger partial charge on any atom is -0.396 e. The molecule has 0 heterocycles. The monoisotopic (exact) mass is 224 g/mol. The molecule has 2 rings (SSSR count). The molecule has 3 heteroatoms. The van der Waals surface area contributed by atoms with E-state index in [9.17, 15) is 0 Å². The van der Waals surface area contributed by atoms with Crippen LogP contribution < -0.4 is 11.1 Å². The van der Waals surface area contributed by atoms with Crippen LogP contribution in [0.3, 0.4) is 0 Å². The molecule has 1 fully saturated rings. The highest BCUT2D eigenvalue weighted by molar-refractivity contribution is 6.33. The van der Waals surface area contributed by atoms with E-state index in [0.717, 1.165) is 18.2 Å². The molecule has 0 atom stereocenters. The van der Waals surface area contributed by atoms with E-state index in [-0.39, 0.29) is 0 Å². The highest BCUT2D eigenvalue weighted by Gasteiger charge is 2.19. The zero-order valence-corrected chi connectivity index (χ0v) is 9.56. The van der Waals surface area contributed by atoms with Crippen LogP contribution in [0.25, 0.3) is 0 Å². The number of hydrogen-bond acceptors (Lipinski definition) is 2. The van der Waals surface area contributed by atoms with Crippen molar-refractivity contribution in [1.29, 1.82) is 0 Å². The zero-order chi connectivity index (χ0) is 10.7. The van der Waals surface area contributed by atoms with Crippen LogP contribution >= 0.6 is 11.6 Å². The molecule has 1 aromatic carbocycles. The van der Waals surface area contributed by atoms with Crippen molar-refractivity contribution >= 4 is 23.0 Å². The van der Waals surface area contributed by atoms with E-state index in [2.05, 4.69) is 5.32 Å². The van der Waals surface area contributed by atoms with Crippen molar-refractivity contribution in [1.82, 2.24) is 0 Å². The highest BCUT2D eigenvalue weighted by Crippen LogP contribution is 2.33. The van der Waals surface area contributed by atoms with E-state index in [0.29, 0.717) is 10.7 Å². The van der Waals surface area contributed by atoms with Gasteiger partial charge in [0.15, 0.2) is 0 Å². The Morgan fingerprint density at radius 1 is 1.40 bits per heavy atom. The molecule has 1 aliphatic carbocycles. The van der Waals surface area contributed by atoms with Gasteiger partial charge in [-0.25, -0.2) is 0 Å². The first kappa shape index (κ1) is 10.6. The summed E-state index contributed by atoms with van der Waals surface area (Å²) in [5.74, 6) is 1.00. The van der Waals surface area contributed by atoms with Gasteiger partial charge >= 0.3 is 0 Å². The fraction of sp³-hybridized carbons (Fsp3) is 0.500. The van der Waals surface area contributed by atoms with Crippen molar-refractivity contribution < 1.29 is 0 Å². The van der Waals surface area contributed by atoms with Crippen LogP contribution in [0.5, 0.6) is 0 Å². The van der Waals surface area contributed by atoms with E-state index < -0.39 is 0 Å². The Morgan fingerprint density at radius 2 is 2.20 bits per heavy atom. The molecule has 0 bridgehead atoms. The quantitative estimate of drug-likeness (QED) is 0.593. The highest BCUT2D eigenvalue weighted by atomic mass is 35.5. The van der Waals surface area contributed by atoms with Gasteiger partial charge in [-0.15, -0.1) is 0 Å². The number of anilines is 2. The largest absolute Gasteiger partial charge is 0.396 e. The second kappa shape index (κ2) is 4.75. The van der Waals surface area contributed by atoms with Crippen LogP contribution in [-0.2, 0) is 0 Å². The van der Waals surface area contributed by atoms with Crippen LogP contribution in [0.15, 0.2) is 18.2 Å². The normalized spacial score (nSPS) is 15.3. The molecule has 82 valence electrons. The summed E-state index contributed by atoms with van der Waals surface area (Å²) in [6, 6.07) is 5.70. The van der Waals surface area contributed by atoms with Crippen molar-refractivity contribution in [3.05, 3.63) is 23.2 Å². The summed E-state index contributed by atoms with van der Waals surface area (Å²) in [5, 5.41) is 3.95. The number of benzene rings is 1. The number of nitrogens with one attached hydrogen (secondary N) is 1. The van der Waals surface area contributed by atoms with E-state index in [4.69, 9.17) is 17.3 Å². The second-order valence-electron chi connectivity index (χ2n) is 4.21. The van der Waals surface area contributed by atoms with Gasteiger partial charge in [0.1, 0.15) is 0 Å². The van der Waals surface area contributed by atoms with Gasteiger partial charge in [-0.3, -0.25) is 0 Å². The van der Waals surface area contributed by atoms with Crippen molar-refractivity contribution in [3.8, 4) is 0 Å². The summed E-state index contributed by atoms with van der Waals surface area (Å²) in [6.07, 6.45) is 5.42. The van der Waals surface area contributed by atoms with Crippen molar-refractivity contribution in [2.24, 2.45) is 5.92 Å². The molecule has 0 saturated heterocycles. The summed E-state index contributed by atoms with van der Waals surface area (Å²) in [4.78, 5) is 0. The standard InChI is InChI=1S/C12H17ClN2/c13-10-4-1-5-11(12(10)14)15-8-2-3-9-6-7-9/h1,4-5,9,15H,2-3,6-8,14H2. The Kier molecular flexibility index (Phi) is 3.37. The summed E-state index contributed by atoms with van der Waals surface area (Å²) in [7, 11) is 0. The smallest absolute Gasteiger partial charge is 0.0739 e. The number of rotatable bonds is 5. The summed E-state index contributed by atoms with van der Waals surface area (Å²) in [5.41, 5.74) is 7.46. The molecule has 0 spiro atoms. The molecule has 0 aromatic heterocycles. The SMILES string of the molecule is Nc1c(Cl)cccc1NCCCC1CC1. The molecule has 1 saturated carbocycles. The van der Waals surface area contributed by atoms with Crippen LogP contribution in [-0.4, -0.2) is 6.54 Å². The van der Waals surface area contributed by atoms with E-state index >= 15 is 0 Å². The van der Waals surface area contributed by atoms with Gasteiger partial charge in [0.05, 0.1) is 16.4 Å². The third-order valence-corrected chi connectivity index (χ3v) is 3.18. The molecule has 2 nitrogen and oxygen atoms in total. The number of nitrogen functional groups attached to an aromatic ring is 1. The van der Waals surface area contributed by atoms with Crippen LogP contribution in [0.4, 0.5) is 11.4 Å². The maximum Gasteiger partial charge on any atom is 0.0739 e. The van der Waals surface area contributed by atoms with E-state index in [1.54, 1.807) is 0 Å². The van der Waals surface area contributed by atoms with Gasteiger partial charge in [0.2, 0.25) is 0 Å². The first-order chi connectivity index (χ1) is 7.27. The average molecular weight is 225 g/mol. The fourth-order valence-electron chi connectivity index (χ4n) is 1.71. The van der Waals surface area contributed by atoms with Gasteiger partial charge in [-0.05, 0) is 30.9 Å². The van der Waals surface area contributed by atoms with Crippen molar-refractivity contribution in [2.45, 2.75) is 25.7 Å². The van der Waals surface area contributed by atoms with Gasteiger partial charge in [-0.2, -0.15) is 0 Å². The van der Waals surface area contributed by atoms with E-state index in [1.165, 1.54) is 25.7 Å². The lowest BCUT2D eigenvalue weighted by atomic mass is 10.2. The topological polar surface area (TPSA) is 38.0 Å². The number of halogens is 1. The van der Waals surface area contributed by atoms with Gasteiger partial charge < -0.3 is 11.1 Å². The van der Waals surface area contributed by atoms with Gasteiger partial charge in [0.25, 0.3) is 0 Å². The van der Waals surface area contributed by atoms with Gasteiger partial charge in [0, 0.05) is 6.54 Å². The maximum atomic E-state index is 5.92. The van der Waals surface area contributed by atoms with Gasteiger partial charge in [-0.1, -0.05) is 30.5 Å². The molecule has 0 unspecified atom stereocenters. The van der Waals surface area contributed by atoms with Crippen molar-refractivity contribution in [3.63, 3.8) is 0 Å². The molecular formula is C12H17ClN2. The second-order valence-corrected chi connectivity index (χ2v) is 4.62. The first-order valence-corrected chi connectivity index (χ1v) is 5.93. The molecule has 15 heavy (non-hydrogen) atoms. The summed E-state index contributed by atoms with van der Waals surface area (Å²) >= 11 is 5.92. The Morgan fingerprint density at radius 3 is 2.93 bits per heavy atom. The average Bonchev–Trinajstić information content (AvgIpc) is 3.02. The molecule has 1 aromatic rings. The predicted octanol–water partition coefficient (Wildman–Crippen LogP) is 3.52. The van der Waals surface area contributed by atoms with E-state index in [1.807, 2.05) is 18.2 Å². The molecule has 0 aliphatic heterocycles. The predicted molar refractivity (Wildman–Crippen MR) is 66.3 cm³/mol. The van der Waals surface area contributed by atoms with Crippen LogP contribution in [0, 0.1) is 5.92 Å². The number of hydrogen-bond donors (Lipinski definition) is 2. The Balaban J connectivity index is 1.78. The summed E-state index contributed by atoms with van der Waals surface area (Å²) < 4.78 is 0. The maximum absolute atomic E-state index is 5.92. The molecule has 0 radical (unpaired) electrons. The minimum absolute atomic E-state index is 0.627. The third-order valence-electron chi connectivity index (χ3n) is 2.85. The summed E-state index contributed by atoms with van der Waals surface area (Å²) in [6.45, 7) is 0.987.